The molecule has 0 N–H and O–H groups in total. The average molecular weight is 433 g/mol. The van der Waals surface area contributed by atoms with Crippen molar-refractivity contribution in [2.45, 2.75) is 18.9 Å². The van der Waals surface area contributed by atoms with E-state index in [-0.39, 0.29) is 18.6 Å². The number of ether oxygens (including phenoxy) is 2. The third-order valence-electron chi connectivity index (χ3n) is 5.58. The molecule has 1 fully saturated rings. The minimum atomic E-state index is -0.134. The molecular formula is C25H28N4O3. The molecule has 7 nitrogen and oxygen atoms in total. The number of nitrogens with zero attached hydrogens (tertiary/aromatic N) is 4. The Morgan fingerprint density at radius 1 is 1.12 bits per heavy atom. The van der Waals surface area contributed by atoms with Crippen LogP contribution < -0.4 is 14.4 Å². The number of carbonyl (C=O) groups is 1. The van der Waals surface area contributed by atoms with Crippen LogP contribution in [-0.2, 0) is 4.79 Å². The van der Waals surface area contributed by atoms with E-state index < -0.39 is 0 Å². The van der Waals surface area contributed by atoms with Crippen LogP contribution in [0.1, 0.15) is 24.6 Å². The second-order valence-electron chi connectivity index (χ2n) is 7.94. The van der Waals surface area contributed by atoms with Crippen LogP contribution in [0.15, 0.2) is 60.8 Å². The molecule has 0 aliphatic carbocycles. The molecule has 4 rings (SSSR count). The zero-order chi connectivity index (χ0) is 22.5. The molecule has 166 valence electrons. The highest BCUT2D eigenvalue weighted by Gasteiger charge is 2.33. The van der Waals surface area contributed by atoms with Crippen molar-refractivity contribution in [3.63, 3.8) is 0 Å². The molecule has 2 aromatic carbocycles. The van der Waals surface area contributed by atoms with Crippen molar-refractivity contribution in [2.24, 2.45) is 0 Å². The number of hydrogen-bond acceptors (Lipinski definition) is 6. The van der Waals surface area contributed by atoms with Crippen LogP contribution in [0.25, 0.3) is 11.1 Å². The van der Waals surface area contributed by atoms with E-state index in [9.17, 15) is 4.79 Å². The second kappa shape index (κ2) is 9.68. The minimum Gasteiger partial charge on any atom is -0.497 e. The molecule has 0 spiro atoms. The number of rotatable bonds is 7. The van der Waals surface area contributed by atoms with Crippen molar-refractivity contribution in [2.75, 3.05) is 39.3 Å². The topological polar surface area (TPSA) is 67.8 Å². The van der Waals surface area contributed by atoms with E-state index in [2.05, 4.69) is 4.98 Å². The van der Waals surface area contributed by atoms with Crippen molar-refractivity contribution >= 4 is 11.9 Å². The van der Waals surface area contributed by atoms with Gasteiger partial charge in [0.1, 0.15) is 11.5 Å². The number of anilines is 1. The largest absolute Gasteiger partial charge is 0.497 e. The van der Waals surface area contributed by atoms with Gasteiger partial charge in [0, 0.05) is 32.4 Å². The third-order valence-corrected chi connectivity index (χ3v) is 5.58. The Balaban J connectivity index is 1.65. The highest BCUT2D eigenvalue weighted by molar-refractivity contribution is 5.79. The van der Waals surface area contributed by atoms with Gasteiger partial charge in [-0.05, 0) is 42.7 Å². The maximum atomic E-state index is 13.1. The van der Waals surface area contributed by atoms with Crippen molar-refractivity contribution in [1.82, 2.24) is 14.9 Å². The summed E-state index contributed by atoms with van der Waals surface area (Å²) >= 11 is 0. The van der Waals surface area contributed by atoms with Gasteiger partial charge in [0.2, 0.25) is 5.95 Å². The van der Waals surface area contributed by atoms with E-state index in [0.717, 1.165) is 35.4 Å². The van der Waals surface area contributed by atoms with Gasteiger partial charge in [0.05, 0.1) is 18.8 Å². The lowest BCUT2D eigenvalue weighted by molar-refractivity contribution is -0.134. The van der Waals surface area contributed by atoms with Crippen LogP contribution in [0.3, 0.4) is 0 Å². The summed E-state index contributed by atoms with van der Waals surface area (Å²) in [4.78, 5) is 26.3. The first-order valence-corrected chi connectivity index (χ1v) is 10.7. The van der Waals surface area contributed by atoms with Crippen molar-refractivity contribution in [3.05, 3.63) is 66.5 Å². The summed E-state index contributed by atoms with van der Waals surface area (Å²) in [5.74, 6) is 2.02. The van der Waals surface area contributed by atoms with Gasteiger partial charge in [0.25, 0.3) is 5.91 Å². The highest BCUT2D eigenvalue weighted by atomic mass is 16.5. The molecule has 1 amide bonds. The quantitative estimate of drug-likeness (QED) is 0.563. The van der Waals surface area contributed by atoms with Crippen LogP contribution in [0, 0.1) is 0 Å². The molecule has 1 atom stereocenters. The Labute approximate surface area is 188 Å². The number of hydrogen-bond donors (Lipinski definition) is 0. The summed E-state index contributed by atoms with van der Waals surface area (Å²) in [6.45, 7) is 0.682. The summed E-state index contributed by atoms with van der Waals surface area (Å²) in [5.41, 5.74) is 2.72. The fourth-order valence-electron chi connectivity index (χ4n) is 3.96. The summed E-state index contributed by atoms with van der Waals surface area (Å²) in [6, 6.07) is 17.1. The maximum absolute atomic E-state index is 13.1. The predicted molar refractivity (Wildman–Crippen MR) is 124 cm³/mol. The van der Waals surface area contributed by atoms with E-state index in [0.29, 0.717) is 18.2 Å². The van der Waals surface area contributed by atoms with Gasteiger partial charge >= 0.3 is 0 Å². The molecule has 0 radical (unpaired) electrons. The molecule has 0 saturated carbocycles. The standard InChI is InChI=1S/C25H28N4O3/c1-28(2)25-26-16-21(18-9-7-12-20(15-18)31-3)24(27-25)22-13-8-14-29(22)23(30)17-32-19-10-5-4-6-11-19/h4-7,9-12,15-16,22H,8,13-14,17H2,1-3H3. The fourth-order valence-corrected chi connectivity index (χ4v) is 3.96. The van der Waals surface area contributed by atoms with Gasteiger partial charge in [-0.25, -0.2) is 9.97 Å². The lowest BCUT2D eigenvalue weighted by atomic mass is 9.99. The summed E-state index contributed by atoms with van der Waals surface area (Å²) < 4.78 is 11.1. The Bertz CT molecular complexity index is 1070. The van der Waals surface area contributed by atoms with E-state index >= 15 is 0 Å². The van der Waals surface area contributed by atoms with Crippen molar-refractivity contribution < 1.29 is 14.3 Å². The Morgan fingerprint density at radius 3 is 2.66 bits per heavy atom. The third kappa shape index (κ3) is 4.66. The lowest BCUT2D eigenvalue weighted by Crippen LogP contribution is -2.35. The van der Waals surface area contributed by atoms with Crippen LogP contribution >= 0.6 is 0 Å². The summed E-state index contributed by atoms with van der Waals surface area (Å²) in [6.07, 6.45) is 3.60. The number of carbonyl (C=O) groups excluding carboxylic acids is 1. The molecule has 1 saturated heterocycles. The van der Waals surface area contributed by atoms with Crippen molar-refractivity contribution in [3.8, 4) is 22.6 Å². The van der Waals surface area contributed by atoms with Gasteiger partial charge in [-0.3, -0.25) is 4.79 Å². The van der Waals surface area contributed by atoms with E-state index in [1.807, 2.05) is 84.7 Å². The molecule has 32 heavy (non-hydrogen) atoms. The Kier molecular flexibility index (Phi) is 6.54. The summed E-state index contributed by atoms with van der Waals surface area (Å²) in [7, 11) is 5.47. The van der Waals surface area contributed by atoms with Gasteiger partial charge in [-0.1, -0.05) is 30.3 Å². The average Bonchev–Trinajstić information content (AvgIpc) is 3.33. The van der Waals surface area contributed by atoms with Crippen LogP contribution in [0.2, 0.25) is 0 Å². The van der Waals surface area contributed by atoms with Crippen molar-refractivity contribution in [1.29, 1.82) is 0 Å². The summed E-state index contributed by atoms with van der Waals surface area (Å²) in [5, 5.41) is 0. The predicted octanol–water partition coefficient (Wildman–Crippen LogP) is 3.96. The van der Waals surface area contributed by atoms with Crippen LogP contribution in [0.5, 0.6) is 11.5 Å². The SMILES string of the molecule is COc1cccc(-c2cnc(N(C)C)nc2C2CCCN2C(=O)COc2ccccc2)c1. The van der Waals surface area contributed by atoms with E-state index in [1.165, 1.54) is 0 Å². The zero-order valence-electron chi connectivity index (χ0n) is 18.7. The number of aromatic nitrogens is 2. The second-order valence-corrected chi connectivity index (χ2v) is 7.94. The monoisotopic (exact) mass is 432 g/mol. The van der Waals surface area contributed by atoms with Crippen LogP contribution in [-0.4, -0.2) is 55.1 Å². The Hall–Kier alpha value is -3.61. The first-order chi connectivity index (χ1) is 15.6. The van der Waals surface area contributed by atoms with Gasteiger partial charge in [-0.15, -0.1) is 0 Å². The number of benzene rings is 2. The molecule has 1 unspecified atom stereocenters. The first-order valence-electron chi connectivity index (χ1n) is 10.7. The highest BCUT2D eigenvalue weighted by Crippen LogP contribution is 2.38. The molecule has 1 aromatic heterocycles. The smallest absolute Gasteiger partial charge is 0.261 e. The molecular weight excluding hydrogens is 404 g/mol. The normalized spacial score (nSPS) is 15.5. The first kappa shape index (κ1) is 21.6. The lowest BCUT2D eigenvalue weighted by Gasteiger charge is -2.27. The number of likely N-dealkylation sites (tertiary alicyclic amines) is 1. The van der Waals surface area contributed by atoms with Gasteiger partial charge in [0.15, 0.2) is 6.61 Å². The zero-order valence-corrected chi connectivity index (χ0v) is 18.7. The van der Waals surface area contributed by atoms with Crippen LogP contribution in [0.4, 0.5) is 5.95 Å². The van der Waals surface area contributed by atoms with Gasteiger partial charge < -0.3 is 19.3 Å². The molecule has 7 heteroatoms. The number of amides is 1. The van der Waals surface area contributed by atoms with Gasteiger partial charge in [-0.2, -0.15) is 0 Å². The van der Waals surface area contributed by atoms with E-state index in [1.54, 1.807) is 7.11 Å². The molecule has 3 aromatic rings. The molecule has 2 heterocycles. The molecule has 1 aliphatic heterocycles. The fraction of sp³-hybridized carbons (Fsp3) is 0.320. The maximum Gasteiger partial charge on any atom is 0.261 e. The minimum absolute atomic E-state index is 0.000623. The Morgan fingerprint density at radius 2 is 1.91 bits per heavy atom. The number of methoxy groups -OCH3 is 1. The van der Waals surface area contributed by atoms with E-state index in [4.69, 9.17) is 14.5 Å². The molecule has 0 bridgehead atoms. The molecule has 1 aliphatic rings. The number of para-hydroxylation sites is 1.